The predicted molar refractivity (Wildman–Crippen MR) is 117 cm³/mol. The first-order chi connectivity index (χ1) is 15.2. The van der Waals surface area contributed by atoms with Crippen LogP contribution >= 0.6 is 0 Å². The molecule has 3 rings (SSSR count). The van der Waals surface area contributed by atoms with Crippen molar-refractivity contribution in [2.45, 2.75) is 4.90 Å². The van der Waals surface area contributed by atoms with Gasteiger partial charge in [0.1, 0.15) is 0 Å². The predicted octanol–water partition coefficient (Wildman–Crippen LogP) is 2.82. The van der Waals surface area contributed by atoms with Crippen molar-refractivity contribution in [2.24, 2.45) is 0 Å². The SMILES string of the molecule is COc1cc(/C=C/C(=O)Nc2nnc(-c3ccc(S(C)(=O)=O)cc3)o2)cc(OC)c1OC. The van der Waals surface area contributed by atoms with Gasteiger partial charge in [0.25, 0.3) is 5.91 Å². The van der Waals surface area contributed by atoms with Crippen molar-refractivity contribution in [1.29, 1.82) is 0 Å². The second-order valence-corrected chi connectivity index (χ2v) is 8.51. The number of hydrogen-bond acceptors (Lipinski definition) is 9. The van der Waals surface area contributed by atoms with Gasteiger partial charge in [0.2, 0.25) is 11.6 Å². The van der Waals surface area contributed by atoms with Crippen molar-refractivity contribution in [2.75, 3.05) is 32.9 Å². The summed E-state index contributed by atoms with van der Waals surface area (Å²) in [7, 11) is 1.19. The fraction of sp³-hybridized carbons (Fsp3) is 0.190. The van der Waals surface area contributed by atoms with Crippen LogP contribution < -0.4 is 19.5 Å². The lowest BCUT2D eigenvalue weighted by Crippen LogP contribution is -2.07. The van der Waals surface area contributed by atoms with Crippen LogP contribution in [0.5, 0.6) is 17.2 Å². The Balaban J connectivity index is 1.71. The van der Waals surface area contributed by atoms with E-state index in [0.29, 0.717) is 28.4 Å². The lowest BCUT2D eigenvalue weighted by molar-refractivity contribution is -0.112. The lowest BCUT2D eigenvalue weighted by Gasteiger charge is -2.12. The fourth-order valence-corrected chi connectivity index (χ4v) is 3.38. The fourth-order valence-electron chi connectivity index (χ4n) is 2.75. The molecule has 0 aliphatic heterocycles. The summed E-state index contributed by atoms with van der Waals surface area (Å²) in [5, 5.41) is 10.1. The molecule has 0 aliphatic carbocycles. The Morgan fingerprint density at radius 1 is 1.00 bits per heavy atom. The summed E-state index contributed by atoms with van der Waals surface area (Å²) in [4.78, 5) is 12.4. The number of nitrogens with zero attached hydrogens (tertiary/aromatic N) is 2. The molecule has 1 N–H and O–H groups in total. The van der Waals surface area contributed by atoms with Crippen molar-refractivity contribution < 1.29 is 31.8 Å². The van der Waals surface area contributed by atoms with E-state index < -0.39 is 15.7 Å². The number of carbonyl (C=O) groups excluding carboxylic acids is 1. The summed E-state index contributed by atoms with van der Waals surface area (Å²) in [6.45, 7) is 0. The summed E-state index contributed by atoms with van der Waals surface area (Å²) in [5.74, 6) is 0.987. The van der Waals surface area contributed by atoms with Crippen molar-refractivity contribution in [3.63, 3.8) is 0 Å². The summed E-state index contributed by atoms with van der Waals surface area (Å²) in [6.07, 6.45) is 3.96. The van der Waals surface area contributed by atoms with E-state index in [1.54, 1.807) is 30.3 Å². The molecule has 0 fully saturated rings. The van der Waals surface area contributed by atoms with Gasteiger partial charge < -0.3 is 18.6 Å². The maximum atomic E-state index is 12.2. The first-order valence-corrected chi connectivity index (χ1v) is 11.1. The zero-order valence-corrected chi connectivity index (χ0v) is 18.6. The Labute approximate surface area is 184 Å². The highest BCUT2D eigenvalue weighted by molar-refractivity contribution is 7.90. The average Bonchev–Trinajstić information content (AvgIpc) is 3.24. The van der Waals surface area contributed by atoms with E-state index in [0.717, 1.165) is 6.26 Å². The minimum atomic E-state index is -3.31. The van der Waals surface area contributed by atoms with Crippen LogP contribution in [0.15, 0.2) is 51.8 Å². The highest BCUT2D eigenvalue weighted by Crippen LogP contribution is 2.38. The van der Waals surface area contributed by atoms with Crippen molar-refractivity contribution >= 4 is 27.8 Å². The quantitative estimate of drug-likeness (QED) is 0.505. The van der Waals surface area contributed by atoms with Gasteiger partial charge in [-0.15, -0.1) is 5.10 Å². The third-order valence-electron chi connectivity index (χ3n) is 4.30. The summed E-state index contributed by atoms with van der Waals surface area (Å²) in [5.41, 5.74) is 1.16. The second-order valence-electron chi connectivity index (χ2n) is 6.49. The van der Waals surface area contributed by atoms with E-state index >= 15 is 0 Å². The summed E-state index contributed by atoms with van der Waals surface area (Å²) >= 11 is 0. The molecule has 0 saturated carbocycles. The molecule has 0 atom stereocenters. The number of rotatable bonds is 8. The van der Waals surface area contributed by atoms with Gasteiger partial charge in [0.05, 0.1) is 26.2 Å². The molecule has 0 unspecified atom stereocenters. The molecule has 3 aromatic rings. The molecular formula is C21H21N3O7S. The molecule has 0 saturated heterocycles. The maximum absolute atomic E-state index is 12.2. The van der Waals surface area contributed by atoms with Gasteiger partial charge in [0.15, 0.2) is 21.3 Å². The number of methoxy groups -OCH3 is 3. The smallest absolute Gasteiger partial charge is 0.322 e. The van der Waals surface area contributed by atoms with Gasteiger partial charge in [-0.05, 0) is 48.0 Å². The number of amides is 1. The van der Waals surface area contributed by atoms with E-state index in [2.05, 4.69) is 15.5 Å². The largest absolute Gasteiger partial charge is 0.493 e. The first kappa shape index (κ1) is 22.8. The first-order valence-electron chi connectivity index (χ1n) is 9.18. The lowest BCUT2D eigenvalue weighted by atomic mass is 10.1. The number of aromatic nitrogens is 2. The van der Waals surface area contributed by atoms with Crippen molar-refractivity contribution in [3.05, 3.63) is 48.0 Å². The normalized spacial score (nSPS) is 11.4. The second kappa shape index (κ2) is 9.52. The summed E-state index contributed by atoms with van der Waals surface area (Å²) < 4.78 is 44.4. The molecule has 0 radical (unpaired) electrons. The minimum Gasteiger partial charge on any atom is -0.493 e. The van der Waals surface area contributed by atoms with Gasteiger partial charge in [-0.2, -0.15) is 0 Å². The van der Waals surface area contributed by atoms with E-state index in [4.69, 9.17) is 18.6 Å². The molecule has 1 aromatic heterocycles. The number of ether oxygens (including phenoxy) is 3. The number of nitrogens with one attached hydrogen (secondary N) is 1. The van der Waals surface area contributed by atoms with Crippen LogP contribution in [0, 0.1) is 0 Å². The Bertz CT molecular complexity index is 1220. The van der Waals surface area contributed by atoms with Crippen LogP contribution in [0.2, 0.25) is 0 Å². The molecule has 0 spiro atoms. The summed E-state index contributed by atoms with van der Waals surface area (Å²) in [6, 6.07) is 9.23. The molecule has 10 nitrogen and oxygen atoms in total. The monoisotopic (exact) mass is 459 g/mol. The molecule has 168 valence electrons. The van der Waals surface area contributed by atoms with Gasteiger partial charge in [-0.3, -0.25) is 10.1 Å². The Kier molecular flexibility index (Phi) is 6.79. The maximum Gasteiger partial charge on any atom is 0.322 e. The molecule has 32 heavy (non-hydrogen) atoms. The van der Waals surface area contributed by atoms with E-state index in [1.165, 1.54) is 39.5 Å². The standard InChI is InChI=1S/C21H21N3O7S/c1-28-16-11-13(12-17(29-2)19(16)30-3)5-10-18(25)22-21-24-23-20(31-21)14-6-8-15(9-7-14)32(4,26)27/h5-12H,1-4H3,(H,22,24,25)/b10-5+. The Hall–Kier alpha value is -3.86. The average molecular weight is 459 g/mol. The van der Waals surface area contributed by atoms with Crippen molar-refractivity contribution in [1.82, 2.24) is 10.2 Å². The van der Waals surface area contributed by atoms with E-state index in [1.807, 2.05) is 0 Å². The Morgan fingerprint density at radius 3 is 2.16 bits per heavy atom. The van der Waals surface area contributed by atoms with E-state index in [-0.39, 0.29) is 16.8 Å². The van der Waals surface area contributed by atoms with Crippen LogP contribution in [0.4, 0.5) is 6.01 Å². The number of anilines is 1. The van der Waals surface area contributed by atoms with Gasteiger partial charge >= 0.3 is 6.01 Å². The molecule has 0 aliphatic rings. The molecule has 1 amide bonds. The molecule has 1 heterocycles. The van der Waals surface area contributed by atoms with E-state index in [9.17, 15) is 13.2 Å². The molecule has 0 bridgehead atoms. The topological polar surface area (TPSA) is 130 Å². The van der Waals surface area contributed by atoms with Crippen LogP contribution in [0.25, 0.3) is 17.5 Å². The molecular weight excluding hydrogens is 438 g/mol. The minimum absolute atomic E-state index is 0.105. The zero-order valence-electron chi connectivity index (χ0n) is 17.8. The van der Waals surface area contributed by atoms with Gasteiger partial charge in [-0.25, -0.2) is 8.42 Å². The number of carbonyl (C=O) groups is 1. The number of sulfone groups is 1. The number of hydrogen-bond donors (Lipinski definition) is 1. The van der Waals surface area contributed by atoms with Gasteiger partial charge in [0, 0.05) is 17.9 Å². The molecule has 2 aromatic carbocycles. The van der Waals surface area contributed by atoms with Crippen LogP contribution in [-0.4, -0.2) is 52.1 Å². The van der Waals surface area contributed by atoms with Crippen LogP contribution in [0.1, 0.15) is 5.56 Å². The highest BCUT2D eigenvalue weighted by Gasteiger charge is 2.14. The van der Waals surface area contributed by atoms with Gasteiger partial charge in [-0.1, -0.05) is 5.10 Å². The van der Waals surface area contributed by atoms with Crippen LogP contribution in [0.3, 0.4) is 0 Å². The highest BCUT2D eigenvalue weighted by atomic mass is 32.2. The van der Waals surface area contributed by atoms with Crippen LogP contribution in [-0.2, 0) is 14.6 Å². The third-order valence-corrected chi connectivity index (χ3v) is 5.43. The number of benzene rings is 2. The zero-order chi connectivity index (χ0) is 23.3. The Morgan fingerprint density at radius 2 is 1.62 bits per heavy atom. The third kappa shape index (κ3) is 5.24. The molecule has 11 heteroatoms. The van der Waals surface area contributed by atoms with Crippen molar-refractivity contribution in [3.8, 4) is 28.7 Å².